The molecule has 0 bridgehead atoms. The highest BCUT2D eigenvalue weighted by Gasteiger charge is 2.26. The molecule has 134 valence electrons. The lowest BCUT2D eigenvalue weighted by molar-refractivity contribution is 0.149. The molecule has 1 atom stereocenters. The third kappa shape index (κ3) is 3.49. The number of para-hydroxylation sites is 1. The Kier molecular flexibility index (Phi) is 5.00. The largest absolute Gasteiger partial charge is 0.496 e. The number of rotatable bonds is 5. The van der Waals surface area contributed by atoms with E-state index in [4.69, 9.17) is 4.74 Å². The van der Waals surface area contributed by atoms with E-state index in [0.717, 1.165) is 48.9 Å². The van der Waals surface area contributed by atoms with Crippen LogP contribution in [0, 0.1) is 0 Å². The van der Waals surface area contributed by atoms with Crippen molar-refractivity contribution < 1.29 is 4.74 Å². The maximum atomic E-state index is 5.58. The van der Waals surface area contributed by atoms with Gasteiger partial charge in [-0.3, -0.25) is 10.00 Å². The highest BCUT2D eigenvalue weighted by Crippen LogP contribution is 2.31. The molecule has 26 heavy (non-hydrogen) atoms. The summed E-state index contributed by atoms with van der Waals surface area (Å²) in [6.07, 6.45) is 0. The monoisotopic (exact) mass is 348 g/mol. The maximum Gasteiger partial charge on any atom is 0.123 e. The molecule has 1 aliphatic rings. The number of ether oxygens (including phenoxy) is 1. The van der Waals surface area contributed by atoms with E-state index < -0.39 is 0 Å². The summed E-state index contributed by atoms with van der Waals surface area (Å²) in [5.74, 6) is 0.945. The van der Waals surface area contributed by atoms with Gasteiger partial charge in [0.1, 0.15) is 5.75 Å². The highest BCUT2D eigenvalue weighted by molar-refractivity contribution is 5.58. The number of methoxy groups -OCH3 is 1. The van der Waals surface area contributed by atoms with E-state index in [2.05, 4.69) is 50.7 Å². The summed E-state index contributed by atoms with van der Waals surface area (Å²) in [5, 5.41) is 11.2. The molecule has 0 aliphatic carbocycles. The van der Waals surface area contributed by atoms with Crippen molar-refractivity contribution in [1.29, 1.82) is 0 Å². The van der Waals surface area contributed by atoms with Crippen molar-refractivity contribution in [2.45, 2.75) is 12.6 Å². The summed E-state index contributed by atoms with van der Waals surface area (Å²) >= 11 is 0. The molecule has 1 aromatic heterocycles. The van der Waals surface area contributed by atoms with Crippen molar-refractivity contribution in [2.24, 2.45) is 0 Å². The van der Waals surface area contributed by atoms with Crippen LogP contribution in [0.4, 0.5) is 0 Å². The Morgan fingerprint density at radius 2 is 1.92 bits per heavy atom. The summed E-state index contributed by atoms with van der Waals surface area (Å²) in [7, 11) is 1.74. The minimum absolute atomic E-state index is 0.281. The van der Waals surface area contributed by atoms with Gasteiger partial charge < -0.3 is 10.1 Å². The molecule has 0 saturated carbocycles. The van der Waals surface area contributed by atoms with Crippen LogP contribution >= 0.6 is 0 Å². The first kappa shape index (κ1) is 16.8. The van der Waals surface area contributed by atoms with Gasteiger partial charge in [-0.15, -0.1) is 0 Å². The van der Waals surface area contributed by atoms with E-state index in [-0.39, 0.29) is 6.04 Å². The van der Waals surface area contributed by atoms with Crippen LogP contribution in [0.5, 0.6) is 5.75 Å². The molecule has 3 aromatic rings. The molecule has 0 spiro atoms. The SMILES string of the molecule is COc1ccccc1C1CNCCN1Cc1cc(-c2ccccc2)n[nH]1. The van der Waals surface area contributed by atoms with Gasteiger partial charge in [-0.1, -0.05) is 48.5 Å². The number of nitrogens with zero attached hydrogens (tertiary/aromatic N) is 2. The topological polar surface area (TPSA) is 53.2 Å². The second-order valence-corrected chi connectivity index (χ2v) is 6.58. The molecule has 1 unspecified atom stereocenters. The molecule has 5 heteroatoms. The van der Waals surface area contributed by atoms with Gasteiger partial charge in [0.15, 0.2) is 0 Å². The van der Waals surface area contributed by atoms with Crippen molar-refractivity contribution in [2.75, 3.05) is 26.7 Å². The van der Waals surface area contributed by atoms with Crippen molar-refractivity contribution in [3.63, 3.8) is 0 Å². The minimum Gasteiger partial charge on any atom is -0.496 e. The molecule has 0 radical (unpaired) electrons. The van der Waals surface area contributed by atoms with Gasteiger partial charge in [0.05, 0.1) is 18.8 Å². The van der Waals surface area contributed by atoms with E-state index in [1.54, 1.807) is 7.11 Å². The molecule has 1 saturated heterocycles. The Morgan fingerprint density at radius 1 is 1.12 bits per heavy atom. The fraction of sp³-hybridized carbons (Fsp3) is 0.286. The Hall–Kier alpha value is -2.63. The lowest BCUT2D eigenvalue weighted by Crippen LogP contribution is -2.45. The summed E-state index contributed by atoms with van der Waals surface area (Å²) in [6.45, 7) is 3.73. The number of hydrogen-bond acceptors (Lipinski definition) is 4. The quantitative estimate of drug-likeness (QED) is 0.743. The molecule has 0 amide bonds. The zero-order chi connectivity index (χ0) is 17.8. The number of nitrogens with one attached hydrogen (secondary N) is 2. The second-order valence-electron chi connectivity index (χ2n) is 6.58. The van der Waals surface area contributed by atoms with E-state index in [1.165, 1.54) is 5.56 Å². The third-order valence-electron chi connectivity index (χ3n) is 4.93. The predicted octanol–water partition coefficient (Wildman–Crippen LogP) is 3.23. The van der Waals surface area contributed by atoms with E-state index >= 15 is 0 Å². The van der Waals surface area contributed by atoms with Crippen molar-refractivity contribution >= 4 is 0 Å². The average Bonchev–Trinajstić information content (AvgIpc) is 3.18. The van der Waals surface area contributed by atoms with Gasteiger partial charge in [-0.25, -0.2) is 0 Å². The lowest BCUT2D eigenvalue weighted by atomic mass is 10.0. The van der Waals surface area contributed by atoms with E-state index in [9.17, 15) is 0 Å². The number of aromatic nitrogens is 2. The van der Waals surface area contributed by atoms with Gasteiger partial charge in [-0.2, -0.15) is 5.10 Å². The van der Waals surface area contributed by atoms with Crippen LogP contribution in [-0.4, -0.2) is 41.8 Å². The van der Waals surface area contributed by atoms with Crippen LogP contribution in [0.25, 0.3) is 11.3 Å². The minimum atomic E-state index is 0.281. The molecule has 1 fully saturated rings. The molecular formula is C21H24N4O. The maximum absolute atomic E-state index is 5.58. The molecule has 1 aliphatic heterocycles. The summed E-state index contributed by atoms with van der Waals surface area (Å²) in [6, 6.07) is 21.0. The first-order valence-corrected chi connectivity index (χ1v) is 9.02. The van der Waals surface area contributed by atoms with Crippen molar-refractivity contribution in [3.05, 3.63) is 71.9 Å². The normalized spacial score (nSPS) is 18.0. The summed E-state index contributed by atoms with van der Waals surface area (Å²) in [5.41, 5.74) is 4.48. The predicted molar refractivity (Wildman–Crippen MR) is 103 cm³/mol. The first-order chi connectivity index (χ1) is 12.8. The second kappa shape index (κ2) is 7.72. The third-order valence-corrected chi connectivity index (χ3v) is 4.93. The number of hydrogen-bond donors (Lipinski definition) is 2. The zero-order valence-electron chi connectivity index (χ0n) is 15.0. The van der Waals surface area contributed by atoms with Gasteiger partial charge in [0.2, 0.25) is 0 Å². The fourth-order valence-corrected chi connectivity index (χ4v) is 3.60. The lowest BCUT2D eigenvalue weighted by Gasteiger charge is -2.36. The van der Waals surface area contributed by atoms with Crippen molar-refractivity contribution in [1.82, 2.24) is 20.4 Å². The van der Waals surface area contributed by atoms with Crippen LogP contribution in [0.2, 0.25) is 0 Å². The zero-order valence-corrected chi connectivity index (χ0v) is 15.0. The summed E-state index contributed by atoms with van der Waals surface area (Å²) < 4.78 is 5.58. The van der Waals surface area contributed by atoms with E-state index in [0.29, 0.717) is 0 Å². The van der Waals surface area contributed by atoms with Gasteiger partial charge in [0.25, 0.3) is 0 Å². The standard InChI is InChI=1S/C21H24N4O/c1-26-21-10-6-5-9-18(21)20-14-22-11-12-25(20)15-17-13-19(24-23-17)16-7-3-2-4-8-16/h2-10,13,20,22H,11-12,14-15H2,1H3,(H,23,24). The Bertz CT molecular complexity index is 846. The van der Waals surface area contributed by atoms with Gasteiger partial charge in [-0.05, 0) is 12.1 Å². The van der Waals surface area contributed by atoms with Crippen LogP contribution in [0.3, 0.4) is 0 Å². The summed E-state index contributed by atoms with van der Waals surface area (Å²) in [4.78, 5) is 2.48. The molecule has 5 nitrogen and oxygen atoms in total. The highest BCUT2D eigenvalue weighted by atomic mass is 16.5. The Labute approximate surface area is 154 Å². The van der Waals surface area contributed by atoms with E-state index in [1.807, 2.05) is 30.3 Å². The number of aromatic amines is 1. The van der Waals surface area contributed by atoms with Gasteiger partial charge in [0, 0.05) is 43.0 Å². The first-order valence-electron chi connectivity index (χ1n) is 9.02. The van der Waals surface area contributed by atoms with Crippen molar-refractivity contribution in [3.8, 4) is 17.0 Å². The number of piperazine rings is 1. The number of H-pyrrole nitrogens is 1. The molecule has 4 rings (SSSR count). The van der Waals surface area contributed by atoms with Gasteiger partial charge >= 0.3 is 0 Å². The van der Waals surface area contributed by atoms with Crippen LogP contribution in [-0.2, 0) is 6.54 Å². The van der Waals surface area contributed by atoms with Crippen LogP contribution < -0.4 is 10.1 Å². The molecular weight excluding hydrogens is 324 g/mol. The number of benzene rings is 2. The van der Waals surface area contributed by atoms with Crippen LogP contribution in [0.15, 0.2) is 60.7 Å². The molecule has 2 heterocycles. The fourth-order valence-electron chi connectivity index (χ4n) is 3.60. The molecule has 2 N–H and O–H groups in total. The Balaban J connectivity index is 1.55. The molecule has 2 aromatic carbocycles. The average molecular weight is 348 g/mol. The smallest absolute Gasteiger partial charge is 0.123 e. The Morgan fingerprint density at radius 3 is 2.77 bits per heavy atom. The van der Waals surface area contributed by atoms with Crippen LogP contribution in [0.1, 0.15) is 17.3 Å².